The molecule has 0 saturated carbocycles. The number of anilines is 1. The van der Waals surface area contributed by atoms with E-state index in [-0.39, 0.29) is 17.2 Å². The van der Waals surface area contributed by atoms with Gasteiger partial charge in [-0.3, -0.25) is 0 Å². The molecular weight excluding hydrogens is 357 g/mol. The Balaban J connectivity index is 2.22. The Morgan fingerprint density at radius 1 is 1.04 bits per heavy atom. The summed E-state index contributed by atoms with van der Waals surface area (Å²) in [7, 11) is 0. The van der Waals surface area contributed by atoms with Crippen LogP contribution >= 0.6 is 15.9 Å². The lowest BCUT2D eigenvalue weighted by Gasteiger charge is -2.10. The lowest BCUT2D eigenvalue weighted by atomic mass is 9.98. The van der Waals surface area contributed by atoms with E-state index in [1.165, 1.54) is 12.1 Å². The van der Waals surface area contributed by atoms with Crippen LogP contribution in [0, 0.1) is 17.1 Å². The fourth-order valence-corrected chi connectivity index (χ4v) is 2.60. The minimum Gasteiger partial charge on any atom is -0.383 e. The zero-order chi connectivity index (χ0) is 16.4. The second-order valence-corrected chi connectivity index (χ2v) is 5.86. The predicted octanol–water partition coefficient (Wildman–Crippen LogP) is 4.77. The lowest BCUT2D eigenvalue weighted by Crippen LogP contribution is -2.00. The maximum absolute atomic E-state index is 13.5. The fourth-order valence-electron chi connectivity index (χ4n) is 2.33. The number of nitrogen functional groups attached to an aromatic ring is 1. The molecule has 1 aromatic heterocycles. The number of rotatable bonds is 2. The number of nitrogens with zero attached hydrogens (tertiary/aromatic N) is 2. The third-order valence-corrected chi connectivity index (χ3v) is 3.96. The van der Waals surface area contributed by atoms with Crippen molar-refractivity contribution < 1.29 is 4.39 Å². The monoisotopic (exact) mass is 367 g/mol. The van der Waals surface area contributed by atoms with Gasteiger partial charge in [0.2, 0.25) is 0 Å². The topological polar surface area (TPSA) is 62.7 Å². The molecule has 2 N–H and O–H groups in total. The van der Waals surface area contributed by atoms with Gasteiger partial charge in [-0.1, -0.05) is 40.2 Å². The zero-order valence-corrected chi connectivity index (χ0v) is 13.5. The second kappa shape index (κ2) is 6.19. The van der Waals surface area contributed by atoms with Crippen molar-refractivity contribution in [3.63, 3.8) is 0 Å². The summed E-state index contributed by atoms with van der Waals surface area (Å²) in [5, 5.41) is 9.36. The summed E-state index contributed by atoms with van der Waals surface area (Å²) in [4.78, 5) is 4.30. The molecule has 2 aromatic carbocycles. The highest BCUT2D eigenvalue weighted by Gasteiger charge is 2.13. The first kappa shape index (κ1) is 15.2. The molecule has 0 atom stereocenters. The van der Waals surface area contributed by atoms with Crippen molar-refractivity contribution in [2.75, 3.05) is 5.73 Å². The van der Waals surface area contributed by atoms with Gasteiger partial charge < -0.3 is 5.73 Å². The Morgan fingerprint density at radius 3 is 2.43 bits per heavy atom. The van der Waals surface area contributed by atoms with E-state index in [4.69, 9.17) is 5.73 Å². The molecule has 3 aromatic rings. The van der Waals surface area contributed by atoms with Crippen molar-refractivity contribution in [1.29, 1.82) is 5.26 Å². The minimum atomic E-state index is -0.369. The highest BCUT2D eigenvalue weighted by atomic mass is 79.9. The number of halogens is 2. The van der Waals surface area contributed by atoms with Crippen LogP contribution in [0.3, 0.4) is 0 Å². The first-order valence-electron chi connectivity index (χ1n) is 6.81. The fraction of sp³-hybridized carbons (Fsp3) is 0. The Hall–Kier alpha value is -2.71. The van der Waals surface area contributed by atoms with Gasteiger partial charge in [0.05, 0.1) is 5.69 Å². The molecule has 23 heavy (non-hydrogen) atoms. The molecule has 0 fully saturated rings. The van der Waals surface area contributed by atoms with Crippen molar-refractivity contribution in [1.82, 2.24) is 4.98 Å². The van der Waals surface area contributed by atoms with E-state index in [0.717, 1.165) is 10.0 Å². The summed E-state index contributed by atoms with van der Waals surface area (Å²) < 4.78 is 14.5. The lowest BCUT2D eigenvalue weighted by molar-refractivity contribution is 0.628. The molecule has 0 spiro atoms. The molecule has 112 valence electrons. The maximum atomic E-state index is 13.5. The average Bonchev–Trinajstić information content (AvgIpc) is 2.55. The molecule has 5 heteroatoms. The number of nitriles is 1. The Labute approximate surface area is 141 Å². The third kappa shape index (κ3) is 3.08. The normalized spacial score (nSPS) is 10.3. The van der Waals surface area contributed by atoms with Gasteiger partial charge in [-0.2, -0.15) is 5.26 Å². The van der Waals surface area contributed by atoms with Crippen molar-refractivity contribution >= 4 is 21.7 Å². The Bertz CT molecular complexity index is 915. The van der Waals surface area contributed by atoms with Gasteiger partial charge >= 0.3 is 0 Å². The molecule has 3 rings (SSSR count). The highest BCUT2D eigenvalue weighted by molar-refractivity contribution is 9.10. The highest BCUT2D eigenvalue weighted by Crippen LogP contribution is 2.31. The van der Waals surface area contributed by atoms with Gasteiger partial charge in [0, 0.05) is 15.6 Å². The van der Waals surface area contributed by atoms with Gasteiger partial charge in [-0.15, -0.1) is 0 Å². The van der Waals surface area contributed by atoms with Crippen LogP contribution in [0.4, 0.5) is 10.2 Å². The predicted molar refractivity (Wildman–Crippen MR) is 91.9 cm³/mol. The molecule has 1 heterocycles. The van der Waals surface area contributed by atoms with Crippen LogP contribution < -0.4 is 5.73 Å². The van der Waals surface area contributed by atoms with E-state index >= 15 is 0 Å². The van der Waals surface area contributed by atoms with Gasteiger partial charge in [0.15, 0.2) is 0 Å². The van der Waals surface area contributed by atoms with Crippen LogP contribution in [0.25, 0.3) is 22.4 Å². The van der Waals surface area contributed by atoms with E-state index in [0.29, 0.717) is 16.8 Å². The van der Waals surface area contributed by atoms with E-state index in [2.05, 4.69) is 27.0 Å². The maximum Gasteiger partial charge on any atom is 0.142 e. The molecular formula is C18H11BrFN3. The summed E-state index contributed by atoms with van der Waals surface area (Å²) in [6, 6.07) is 17.5. The molecule has 0 unspecified atom stereocenters. The van der Waals surface area contributed by atoms with Crippen LogP contribution in [0.1, 0.15) is 5.56 Å². The number of hydrogen-bond acceptors (Lipinski definition) is 3. The summed E-state index contributed by atoms with van der Waals surface area (Å²) in [5.74, 6) is -0.237. The number of nitrogens with two attached hydrogens (primary N) is 1. The SMILES string of the molecule is N#Cc1c(-c2cccc(F)c2)cc(-c2ccc(Br)cc2)nc1N. The van der Waals surface area contributed by atoms with Gasteiger partial charge in [0.1, 0.15) is 23.3 Å². The van der Waals surface area contributed by atoms with E-state index in [1.54, 1.807) is 18.2 Å². The number of hydrogen-bond donors (Lipinski definition) is 1. The number of aromatic nitrogens is 1. The van der Waals surface area contributed by atoms with Crippen molar-refractivity contribution in [2.24, 2.45) is 0 Å². The van der Waals surface area contributed by atoms with Gasteiger partial charge in [-0.05, 0) is 35.9 Å². The Kier molecular flexibility index (Phi) is 4.09. The molecule has 0 bridgehead atoms. The van der Waals surface area contributed by atoms with Crippen LogP contribution in [0.15, 0.2) is 59.1 Å². The van der Waals surface area contributed by atoms with Crippen molar-refractivity contribution in [2.45, 2.75) is 0 Å². The van der Waals surface area contributed by atoms with Crippen LogP contribution in [0.2, 0.25) is 0 Å². The van der Waals surface area contributed by atoms with Crippen LogP contribution in [-0.2, 0) is 0 Å². The summed E-state index contributed by atoms with van der Waals surface area (Å²) >= 11 is 3.38. The molecule has 0 aliphatic rings. The summed E-state index contributed by atoms with van der Waals surface area (Å²) in [6.07, 6.45) is 0. The van der Waals surface area contributed by atoms with Gasteiger partial charge in [0.25, 0.3) is 0 Å². The molecule has 0 aliphatic heterocycles. The van der Waals surface area contributed by atoms with Crippen LogP contribution in [-0.4, -0.2) is 4.98 Å². The first-order chi connectivity index (χ1) is 11.1. The standard InChI is InChI=1S/C18H11BrFN3/c19-13-6-4-11(5-7-13)17-9-15(16(10-21)18(22)23-17)12-2-1-3-14(20)8-12/h1-9H,(H2,22,23). The quantitative estimate of drug-likeness (QED) is 0.709. The van der Waals surface area contributed by atoms with Crippen molar-refractivity contribution in [3.8, 4) is 28.5 Å². The largest absolute Gasteiger partial charge is 0.383 e. The number of pyridine rings is 1. The molecule has 0 aliphatic carbocycles. The van der Waals surface area contributed by atoms with Crippen molar-refractivity contribution in [3.05, 3.63) is 70.5 Å². The molecule has 3 nitrogen and oxygen atoms in total. The van der Waals surface area contributed by atoms with Crippen LogP contribution in [0.5, 0.6) is 0 Å². The smallest absolute Gasteiger partial charge is 0.142 e. The van der Waals surface area contributed by atoms with E-state index < -0.39 is 0 Å². The van der Waals surface area contributed by atoms with E-state index in [9.17, 15) is 9.65 Å². The molecule has 0 amide bonds. The number of benzene rings is 2. The van der Waals surface area contributed by atoms with E-state index in [1.807, 2.05) is 24.3 Å². The first-order valence-corrected chi connectivity index (χ1v) is 7.60. The second-order valence-electron chi connectivity index (χ2n) is 4.94. The molecule has 0 saturated heterocycles. The van der Waals surface area contributed by atoms with Gasteiger partial charge in [-0.25, -0.2) is 9.37 Å². The average molecular weight is 368 g/mol. The zero-order valence-electron chi connectivity index (χ0n) is 11.9. The summed E-state index contributed by atoms with van der Waals surface area (Å²) in [6.45, 7) is 0. The summed E-state index contributed by atoms with van der Waals surface area (Å²) in [5.41, 5.74) is 8.84. The minimum absolute atomic E-state index is 0.132. The molecule has 0 radical (unpaired) electrons. The Morgan fingerprint density at radius 2 is 1.78 bits per heavy atom. The third-order valence-electron chi connectivity index (χ3n) is 3.43.